The van der Waals surface area contributed by atoms with Gasteiger partial charge in [0, 0.05) is 67.4 Å². The van der Waals surface area contributed by atoms with Crippen molar-refractivity contribution in [1.29, 1.82) is 0 Å². The van der Waals surface area contributed by atoms with E-state index in [2.05, 4.69) is 4.98 Å². The monoisotopic (exact) mass is 484 g/mol. The summed E-state index contributed by atoms with van der Waals surface area (Å²) in [6.45, 7) is 1.70. The Balaban J connectivity index is 1.60. The second-order valence-electron chi connectivity index (χ2n) is 8.80. The van der Waals surface area contributed by atoms with Gasteiger partial charge in [0.05, 0.1) is 0 Å². The smallest absolute Gasteiger partial charge is 0.253 e. The van der Waals surface area contributed by atoms with Crippen LogP contribution in [0.4, 0.5) is 17.6 Å². The van der Waals surface area contributed by atoms with Crippen molar-refractivity contribution in [2.45, 2.75) is 38.0 Å². The fraction of sp³-hybridized carbons (Fsp3) is 0.296. The van der Waals surface area contributed by atoms with E-state index in [1.165, 1.54) is 17.2 Å². The van der Waals surface area contributed by atoms with Gasteiger partial charge in [0.15, 0.2) is 5.78 Å². The lowest BCUT2D eigenvalue weighted by molar-refractivity contribution is -0.0494. The maximum atomic E-state index is 14.7. The lowest BCUT2D eigenvalue weighted by Gasteiger charge is -2.31. The Labute approximate surface area is 200 Å². The first-order chi connectivity index (χ1) is 16.6. The van der Waals surface area contributed by atoms with Crippen LogP contribution in [0.1, 0.15) is 62.7 Å². The third-order valence-electron chi connectivity index (χ3n) is 6.29. The average molecular weight is 484 g/mol. The van der Waals surface area contributed by atoms with Crippen molar-refractivity contribution in [3.05, 3.63) is 100 Å². The van der Waals surface area contributed by atoms with Crippen LogP contribution in [0, 0.1) is 18.6 Å². The molecule has 8 heteroatoms. The lowest BCUT2D eigenvalue weighted by Crippen LogP contribution is -2.42. The largest absolute Gasteiger partial charge is 0.338 e. The van der Waals surface area contributed by atoms with Gasteiger partial charge in [-0.2, -0.15) is 0 Å². The molecule has 0 spiro atoms. The van der Waals surface area contributed by atoms with Crippen LogP contribution in [0.3, 0.4) is 0 Å². The van der Waals surface area contributed by atoms with E-state index >= 15 is 0 Å². The summed E-state index contributed by atoms with van der Waals surface area (Å²) in [5, 5.41) is 0. The van der Waals surface area contributed by atoms with E-state index < -0.39 is 23.5 Å². The van der Waals surface area contributed by atoms with E-state index in [0.29, 0.717) is 22.4 Å². The number of rotatable bonds is 6. The Bertz CT molecular complexity index is 1230. The first kappa shape index (κ1) is 24.6. The molecule has 4 rings (SSSR count). The first-order valence-electron chi connectivity index (χ1n) is 11.3. The van der Waals surface area contributed by atoms with Crippen molar-refractivity contribution < 1.29 is 27.2 Å². The molecule has 1 aromatic heterocycles. The minimum atomic E-state index is -2.76. The highest BCUT2D eigenvalue weighted by Crippen LogP contribution is 2.33. The van der Waals surface area contributed by atoms with Gasteiger partial charge in [-0.3, -0.25) is 14.6 Å². The molecular weight excluding hydrogens is 460 g/mol. The number of likely N-dealkylation sites (tertiary alicyclic amines) is 1. The Morgan fingerprint density at radius 3 is 2.29 bits per heavy atom. The number of aromatic nitrogens is 1. The van der Waals surface area contributed by atoms with Gasteiger partial charge in [0.1, 0.15) is 11.6 Å². The van der Waals surface area contributed by atoms with Gasteiger partial charge in [0.2, 0.25) is 0 Å². The Morgan fingerprint density at radius 1 is 0.971 bits per heavy atom. The zero-order valence-corrected chi connectivity index (χ0v) is 19.1. The minimum absolute atomic E-state index is 0.0309. The van der Waals surface area contributed by atoms with Crippen molar-refractivity contribution in [2.75, 3.05) is 13.1 Å². The fourth-order valence-electron chi connectivity index (χ4n) is 4.29. The zero-order chi connectivity index (χ0) is 25.2. The second-order valence-corrected chi connectivity index (χ2v) is 8.80. The number of alkyl halides is 2. The Kier molecular flexibility index (Phi) is 7.00. The topological polar surface area (TPSA) is 50.3 Å². The van der Waals surface area contributed by atoms with Gasteiger partial charge >= 0.3 is 0 Å². The van der Waals surface area contributed by atoms with Crippen molar-refractivity contribution in [1.82, 2.24) is 9.88 Å². The van der Waals surface area contributed by atoms with Crippen LogP contribution in [0.25, 0.3) is 0 Å². The number of piperidine rings is 1. The van der Waals surface area contributed by atoms with Gasteiger partial charge < -0.3 is 4.90 Å². The van der Waals surface area contributed by atoms with Crippen LogP contribution in [0.5, 0.6) is 0 Å². The third-order valence-corrected chi connectivity index (χ3v) is 6.29. The van der Waals surface area contributed by atoms with Gasteiger partial charge in [-0.15, -0.1) is 0 Å². The third kappa shape index (κ3) is 5.75. The van der Waals surface area contributed by atoms with Crippen LogP contribution < -0.4 is 0 Å². The van der Waals surface area contributed by atoms with Crippen molar-refractivity contribution in [3.63, 3.8) is 0 Å². The average Bonchev–Trinajstić information content (AvgIpc) is 2.82. The predicted octanol–water partition coefficient (Wildman–Crippen LogP) is 5.94. The van der Waals surface area contributed by atoms with Crippen molar-refractivity contribution in [2.24, 2.45) is 0 Å². The van der Waals surface area contributed by atoms with E-state index in [1.807, 2.05) is 0 Å². The van der Waals surface area contributed by atoms with Gasteiger partial charge in [-0.25, -0.2) is 17.6 Å². The van der Waals surface area contributed by atoms with Gasteiger partial charge in [-0.1, -0.05) is 18.2 Å². The number of pyridine rings is 1. The quantitative estimate of drug-likeness (QED) is 0.321. The van der Waals surface area contributed by atoms with Crippen LogP contribution in [-0.2, 0) is 0 Å². The van der Waals surface area contributed by atoms with E-state index in [0.717, 1.165) is 12.1 Å². The number of hydrogen-bond donors (Lipinski definition) is 0. The molecular formula is C27H24F4N2O2. The highest BCUT2D eigenvalue weighted by molar-refractivity contribution is 5.97. The molecule has 1 aliphatic rings. The van der Waals surface area contributed by atoms with Gasteiger partial charge in [0.25, 0.3) is 11.8 Å². The van der Waals surface area contributed by atoms with Crippen LogP contribution in [0.2, 0.25) is 0 Å². The summed E-state index contributed by atoms with van der Waals surface area (Å²) in [4.78, 5) is 31.3. The molecule has 35 heavy (non-hydrogen) atoms. The first-order valence-corrected chi connectivity index (χ1v) is 11.3. The number of hydrogen-bond acceptors (Lipinski definition) is 3. The number of benzene rings is 2. The number of ketones is 1. The van der Waals surface area contributed by atoms with E-state index in [1.54, 1.807) is 43.3 Å². The number of halogens is 4. The molecule has 2 aromatic carbocycles. The summed E-state index contributed by atoms with van der Waals surface area (Å²) >= 11 is 0. The van der Waals surface area contributed by atoms with E-state index in [9.17, 15) is 27.2 Å². The maximum absolute atomic E-state index is 14.7. The van der Waals surface area contributed by atoms with Crippen LogP contribution >= 0.6 is 0 Å². The number of Topliss-reactive ketones (excluding diaryl/α,β-unsaturated/α-hetero) is 1. The highest BCUT2D eigenvalue weighted by atomic mass is 19.3. The van der Waals surface area contributed by atoms with Crippen molar-refractivity contribution in [3.8, 4) is 0 Å². The van der Waals surface area contributed by atoms with Crippen molar-refractivity contribution >= 4 is 11.7 Å². The molecule has 1 fully saturated rings. The number of carbonyl (C=O) groups is 2. The van der Waals surface area contributed by atoms with Crippen LogP contribution in [0.15, 0.2) is 60.8 Å². The molecule has 0 aliphatic carbocycles. The predicted molar refractivity (Wildman–Crippen MR) is 123 cm³/mol. The second kappa shape index (κ2) is 9.98. The van der Waals surface area contributed by atoms with Gasteiger partial charge in [-0.05, 0) is 48.4 Å². The molecule has 1 atom stereocenters. The van der Waals surface area contributed by atoms with E-state index in [4.69, 9.17) is 0 Å². The zero-order valence-electron chi connectivity index (χ0n) is 19.1. The molecule has 1 amide bonds. The molecule has 0 saturated carbocycles. The summed E-state index contributed by atoms with van der Waals surface area (Å²) in [6.07, 6.45) is 0.687. The minimum Gasteiger partial charge on any atom is -0.338 e. The molecule has 1 saturated heterocycles. The molecule has 1 aliphatic heterocycles. The summed E-state index contributed by atoms with van der Waals surface area (Å²) in [7, 11) is 0. The summed E-state index contributed by atoms with van der Waals surface area (Å²) < 4.78 is 55.1. The van der Waals surface area contributed by atoms with Crippen LogP contribution in [-0.4, -0.2) is 40.6 Å². The molecule has 2 heterocycles. The number of nitrogens with zero attached hydrogens (tertiary/aromatic N) is 2. The summed E-state index contributed by atoms with van der Waals surface area (Å²) in [6, 6.07) is 12.8. The normalized spacial score (nSPS) is 16.1. The molecule has 1 unspecified atom stereocenters. The molecule has 0 N–H and O–H groups in total. The number of carbonyl (C=O) groups excluding carboxylic acids is 2. The highest BCUT2D eigenvalue weighted by Gasteiger charge is 2.35. The standard InChI is InChI=1S/C27H24F4N2O2/c1-17-14-20(8-11-32-17)25(34)16-23(22-7-6-21(28)15-24(22)29)18-2-4-19(5-3-18)26(35)33-12-9-27(30,31)10-13-33/h2-8,11,14-15,23H,9-10,12-13,16H2,1H3. The number of amides is 1. The molecule has 0 bridgehead atoms. The SMILES string of the molecule is Cc1cc(C(=O)CC(c2ccc(C(=O)N3CCC(F)(F)CC3)cc2)c2ccc(F)cc2F)ccn1. The molecule has 0 radical (unpaired) electrons. The Hall–Kier alpha value is -3.55. The maximum Gasteiger partial charge on any atom is 0.253 e. The fourth-order valence-corrected chi connectivity index (χ4v) is 4.29. The summed E-state index contributed by atoms with van der Waals surface area (Å²) in [5.74, 6) is -5.59. The molecule has 182 valence electrons. The lowest BCUT2D eigenvalue weighted by atomic mass is 9.85. The molecule has 3 aromatic rings. The Morgan fingerprint density at radius 2 is 1.66 bits per heavy atom. The van der Waals surface area contributed by atoms with E-state index in [-0.39, 0.29) is 49.6 Å². The molecule has 4 nitrogen and oxygen atoms in total. The summed E-state index contributed by atoms with van der Waals surface area (Å²) in [5.41, 5.74) is 2.13. The number of aryl methyl sites for hydroxylation is 1.